The Morgan fingerprint density at radius 2 is 2.21 bits per heavy atom. The van der Waals surface area contributed by atoms with Gasteiger partial charge in [-0.2, -0.15) is 11.8 Å². The topological polar surface area (TPSA) is 40.5 Å². The van der Waals surface area contributed by atoms with Crippen LogP contribution in [0.3, 0.4) is 0 Å². The molecule has 0 aromatic carbocycles. The molecule has 4 heteroatoms. The fraction of sp³-hybridized carbons (Fsp3) is 0.933. The third-order valence-electron chi connectivity index (χ3n) is 4.78. The first-order chi connectivity index (χ1) is 9.08. The maximum Gasteiger partial charge on any atom is 0.304 e. The molecule has 0 radical (unpaired) electrons. The molecule has 110 valence electrons. The first kappa shape index (κ1) is 15.2. The molecule has 0 spiro atoms. The van der Waals surface area contributed by atoms with Gasteiger partial charge in [-0.3, -0.25) is 9.69 Å². The van der Waals surface area contributed by atoms with Crippen LogP contribution in [0.5, 0.6) is 0 Å². The highest BCUT2D eigenvalue weighted by atomic mass is 32.2. The van der Waals surface area contributed by atoms with Crippen LogP contribution in [0.4, 0.5) is 0 Å². The summed E-state index contributed by atoms with van der Waals surface area (Å²) in [6.45, 7) is 5.74. The van der Waals surface area contributed by atoms with E-state index in [0.29, 0.717) is 12.5 Å². The zero-order valence-corrected chi connectivity index (χ0v) is 13.0. The molecule has 1 N–H and O–H groups in total. The van der Waals surface area contributed by atoms with Crippen molar-refractivity contribution in [3.05, 3.63) is 0 Å². The van der Waals surface area contributed by atoms with Gasteiger partial charge in [0.2, 0.25) is 0 Å². The summed E-state index contributed by atoms with van der Waals surface area (Å²) in [5, 5.41) is 9.09. The smallest absolute Gasteiger partial charge is 0.304 e. The number of rotatable bonds is 4. The minimum atomic E-state index is -0.645. The molecule has 19 heavy (non-hydrogen) atoms. The van der Waals surface area contributed by atoms with Gasteiger partial charge in [0.1, 0.15) is 0 Å². The van der Waals surface area contributed by atoms with Gasteiger partial charge in [-0.1, -0.05) is 26.7 Å². The van der Waals surface area contributed by atoms with Gasteiger partial charge in [0.15, 0.2) is 0 Å². The maximum atomic E-state index is 11.0. The van der Waals surface area contributed by atoms with E-state index in [9.17, 15) is 4.79 Å². The van der Waals surface area contributed by atoms with E-state index in [4.69, 9.17) is 5.11 Å². The lowest BCUT2D eigenvalue weighted by molar-refractivity contribution is -0.138. The van der Waals surface area contributed by atoms with Crippen LogP contribution in [0.15, 0.2) is 0 Å². The molecule has 2 rings (SSSR count). The van der Waals surface area contributed by atoms with Crippen molar-refractivity contribution in [3.8, 4) is 0 Å². The second-order valence-electron chi connectivity index (χ2n) is 6.39. The summed E-state index contributed by atoms with van der Waals surface area (Å²) < 4.78 is 0. The van der Waals surface area contributed by atoms with E-state index in [1.807, 2.05) is 11.8 Å². The fourth-order valence-electron chi connectivity index (χ4n) is 3.63. The molecule has 1 saturated carbocycles. The number of aliphatic carboxylic acids is 1. The highest BCUT2D eigenvalue weighted by Crippen LogP contribution is 2.35. The molecule has 0 bridgehead atoms. The molecule has 2 fully saturated rings. The molecule has 1 aliphatic carbocycles. The Bertz CT molecular complexity index is 309. The Labute approximate surface area is 121 Å². The van der Waals surface area contributed by atoms with Crippen molar-refractivity contribution in [2.75, 3.05) is 18.1 Å². The Morgan fingerprint density at radius 1 is 1.42 bits per heavy atom. The second-order valence-corrected chi connectivity index (χ2v) is 7.54. The highest BCUT2D eigenvalue weighted by Gasteiger charge is 2.34. The van der Waals surface area contributed by atoms with Gasteiger partial charge in [0.05, 0.1) is 6.42 Å². The standard InChI is InChI=1S/C15H27NO2S/c1-11(2)12-4-3-5-13(8-12)16-6-7-19-10-14(16)9-15(17)18/h11-14H,3-10H2,1-2H3,(H,17,18). The Morgan fingerprint density at radius 3 is 2.89 bits per heavy atom. The monoisotopic (exact) mass is 285 g/mol. The zero-order valence-electron chi connectivity index (χ0n) is 12.2. The van der Waals surface area contributed by atoms with Crippen LogP contribution in [0.25, 0.3) is 0 Å². The third-order valence-corrected chi connectivity index (χ3v) is 5.87. The van der Waals surface area contributed by atoms with Crippen molar-refractivity contribution in [3.63, 3.8) is 0 Å². The Balaban J connectivity index is 1.98. The van der Waals surface area contributed by atoms with Crippen LogP contribution in [0.1, 0.15) is 46.0 Å². The number of hydrogen-bond acceptors (Lipinski definition) is 3. The Hall–Kier alpha value is -0.220. The van der Waals surface area contributed by atoms with E-state index in [1.165, 1.54) is 31.4 Å². The molecule has 3 nitrogen and oxygen atoms in total. The Kier molecular flexibility index (Phi) is 5.58. The van der Waals surface area contributed by atoms with E-state index in [0.717, 1.165) is 24.1 Å². The van der Waals surface area contributed by atoms with Gasteiger partial charge in [-0.15, -0.1) is 0 Å². The van der Waals surface area contributed by atoms with Crippen LogP contribution < -0.4 is 0 Å². The van der Waals surface area contributed by atoms with Crippen LogP contribution in [-0.2, 0) is 4.79 Å². The fourth-order valence-corrected chi connectivity index (χ4v) is 4.72. The number of carbonyl (C=O) groups is 1. The summed E-state index contributed by atoms with van der Waals surface area (Å²) in [6.07, 6.45) is 5.54. The molecule has 0 aromatic heterocycles. The van der Waals surface area contributed by atoms with E-state index < -0.39 is 5.97 Å². The van der Waals surface area contributed by atoms with Crippen LogP contribution >= 0.6 is 11.8 Å². The van der Waals surface area contributed by atoms with Gasteiger partial charge >= 0.3 is 5.97 Å². The summed E-state index contributed by atoms with van der Waals surface area (Å²) in [5.41, 5.74) is 0. The minimum absolute atomic E-state index is 0.257. The van der Waals surface area contributed by atoms with E-state index in [1.54, 1.807) is 0 Å². The average Bonchev–Trinajstić information content (AvgIpc) is 2.39. The summed E-state index contributed by atoms with van der Waals surface area (Å²) >= 11 is 1.91. The lowest BCUT2D eigenvalue weighted by Crippen LogP contribution is -2.51. The average molecular weight is 285 g/mol. The molecule has 0 aromatic rings. The molecular formula is C15H27NO2S. The normalized spacial score (nSPS) is 33.5. The summed E-state index contributed by atoms with van der Waals surface area (Å²) in [6, 6.07) is 0.888. The summed E-state index contributed by atoms with van der Waals surface area (Å²) in [5.74, 6) is 3.11. The van der Waals surface area contributed by atoms with E-state index in [-0.39, 0.29) is 6.04 Å². The van der Waals surface area contributed by atoms with Crippen molar-refractivity contribution < 1.29 is 9.90 Å². The molecule has 1 saturated heterocycles. The van der Waals surface area contributed by atoms with Crippen molar-refractivity contribution in [2.45, 2.75) is 58.0 Å². The highest BCUT2D eigenvalue weighted by molar-refractivity contribution is 7.99. The largest absolute Gasteiger partial charge is 0.481 e. The van der Waals surface area contributed by atoms with Crippen LogP contribution in [0, 0.1) is 11.8 Å². The summed E-state index contributed by atoms with van der Waals surface area (Å²) in [4.78, 5) is 13.6. The number of carboxylic acids is 1. The summed E-state index contributed by atoms with van der Waals surface area (Å²) in [7, 11) is 0. The van der Waals surface area contributed by atoms with E-state index in [2.05, 4.69) is 18.7 Å². The molecule has 1 aliphatic heterocycles. The van der Waals surface area contributed by atoms with Gasteiger partial charge in [0, 0.05) is 30.1 Å². The molecule has 2 aliphatic rings. The lowest BCUT2D eigenvalue weighted by Gasteiger charge is -2.44. The van der Waals surface area contributed by atoms with Crippen LogP contribution in [-0.4, -0.2) is 46.1 Å². The molecule has 3 atom stereocenters. The quantitative estimate of drug-likeness (QED) is 0.861. The predicted octanol–water partition coefficient (Wildman–Crippen LogP) is 3.09. The van der Waals surface area contributed by atoms with Crippen molar-refractivity contribution in [2.24, 2.45) is 11.8 Å². The van der Waals surface area contributed by atoms with Gasteiger partial charge < -0.3 is 5.11 Å². The SMILES string of the molecule is CC(C)C1CCCC(N2CCSCC2CC(=O)O)C1. The van der Waals surface area contributed by atoms with Crippen LogP contribution in [0.2, 0.25) is 0 Å². The number of carboxylic acid groups (broad SMARTS) is 1. The van der Waals surface area contributed by atoms with Gasteiger partial charge in [-0.05, 0) is 24.7 Å². The molecule has 3 unspecified atom stereocenters. The van der Waals surface area contributed by atoms with E-state index >= 15 is 0 Å². The van der Waals surface area contributed by atoms with Crippen molar-refractivity contribution in [1.82, 2.24) is 4.90 Å². The number of hydrogen-bond donors (Lipinski definition) is 1. The molecular weight excluding hydrogens is 258 g/mol. The third kappa shape index (κ3) is 4.12. The van der Waals surface area contributed by atoms with Gasteiger partial charge in [-0.25, -0.2) is 0 Å². The minimum Gasteiger partial charge on any atom is -0.481 e. The molecule has 1 heterocycles. The van der Waals surface area contributed by atoms with Gasteiger partial charge in [0.25, 0.3) is 0 Å². The van der Waals surface area contributed by atoms with Crippen molar-refractivity contribution >= 4 is 17.7 Å². The number of thioether (sulfide) groups is 1. The number of nitrogens with zero attached hydrogens (tertiary/aromatic N) is 1. The van der Waals surface area contributed by atoms with Crippen molar-refractivity contribution in [1.29, 1.82) is 0 Å². The first-order valence-electron chi connectivity index (χ1n) is 7.63. The maximum absolute atomic E-state index is 11.0. The lowest BCUT2D eigenvalue weighted by atomic mass is 9.78. The zero-order chi connectivity index (χ0) is 13.8. The molecule has 0 amide bonds. The predicted molar refractivity (Wildman–Crippen MR) is 80.7 cm³/mol. The first-order valence-corrected chi connectivity index (χ1v) is 8.78. The second kappa shape index (κ2) is 6.98.